The number of rotatable bonds is 5. The van der Waals surface area contributed by atoms with Gasteiger partial charge in [-0.25, -0.2) is 15.0 Å². The van der Waals surface area contributed by atoms with Crippen molar-refractivity contribution in [3.8, 4) is 51.0 Å². The van der Waals surface area contributed by atoms with Crippen molar-refractivity contribution in [1.82, 2.24) is 19.5 Å². The summed E-state index contributed by atoms with van der Waals surface area (Å²) < 4.78 is 15.1. The maximum atomic E-state index is 6.48. The van der Waals surface area contributed by atoms with E-state index in [1.165, 1.54) is 10.8 Å². The summed E-state index contributed by atoms with van der Waals surface area (Å²) in [5.41, 5.74) is 11.3. The molecule has 0 aliphatic rings. The first-order valence-electron chi connectivity index (χ1n) is 19.0. The smallest absolute Gasteiger partial charge is 0.166 e. The highest BCUT2D eigenvalue weighted by atomic mass is 16.3. The second-order valence-corrected chi connectivity index (χ2v) is 14.4. The molecule has 12 rings (SSSR count). The Balaban J connectivity index is 1.07. The first kappa shape index (κ1) is 31.5. The number of furan rings is 2. The lowest BCUT2D eigenvalue weighted by atomic mass is 10.0. The summed E-state index contributed by atoms with van der Waals surface area (Å²) in [5, 5.41) is 6.60. The van der Waals surface area contributed by atoms with Gasteiger partial charge in [-0.05, 0) is 77.9 Å². The number of fused-ring (bicyclic) bond motifs is 9. The average Bonchev–Trinajstić information content (AvgIpc) is 3.95. The first-order valence-corrected chi connectivity index (χ1v) is 19.0. The second-order valence-electron chi connectivity index (χ2n) is 14.4. The summed E-state index contributed by atoms with van der Waals surface area (Å²) in [6.45, 7) is 0. The Morgan fingerprint density at radius 3 is 1.53 bits per heavy atom. The van der Waals surface area contributed by atoms with E-state index in [1.807, 2.05) is 42.5 Å². The third kappa shape index (κ3) is 5.01. The molecule has 0 atom stereocenters. The summed E-state index contributed by atoms with van der Waals surface area (Å²) in [5.74, 6) is 1.66. The van der Waals surface area contributed by atoms with E-state index in [9.17, 15) is 0 Å². The molecule has 4 heterocycles. The fourth-order valence-electron chi connectivity index (χ4n) is 8.39. The van der Waals surface area contributed by atoms with Crippen LogP contribution in [-0.2, 0) is 0 Å². The van der Waals surface area contributed by atoms with E-state index in [0.717, 1.165) is 88.4 Å². The Hall–Kier alpha value is -7.83. The van der Waals surface area contributed by atoms with Crippen molar-refractivity contribution >= 4 is 65.7 Å². The molecule has 0 aliphatic heterocycles. The molecule has 0 fully saturated rings. The molecular weight excluding hydrogens is 701 g/mol. The van der Waals surface area contributed by atoms with E-state index in [1.54, 1.807) is 0 Å². The summed E-state index contributed by atoms with van der Waals surface area (Å²) in [6, 6.07) is 62.7. The van der Waals surface area contributed by atoms with Crippen molar-refractivity contribution in [2.45, 2.75) is 0 Å². The lowest BCUT2D eigenvalue weighted by Crippen LogP contribution is -2.03. The molecule has 57 heavy (non-hydrogen) atoms. The van der Waals surface area contributed by atoms with E-state index in [4.69, 9.17) is 23.8 Å². The van der Waals surface area contributed by atoms with Crippen LogP contribution in [0.15, 0.2) is 191 Å². The SMILES string of the molecule is c1ccc(-c2ccc3oc4cc(-c5nc(-c6ccc7c(c6)oc6ccccc67)nc(-c6ccccc6-n6c7ccccc7c7ccccc76)n5)ccc4c3c2)cc1. The monoisotopic (exact) mass is 730 g/mol. The van der Waals surface area contributed by atoms with Crippen LogP contribution in [0, 0.1) is 0 Å². The molecular formula is C51H30N4O2. The van der Waals surface area contributed by atoms with Gasteiger partial charge in [-0.2, -0.15) is 0 Å². The highest BCUT2D eigenvalue weighted by Gasteiger charge is 2.20. The normalized spacial score (nSPS) is 11.9. The molecule has 0 aliphatic carbocycles. The summed E-state index contributed by atoms with van der Waals surface area (Å²) in [4.78, 5) is 15.6. The van der Waals surface area contributed by atoms with Gasteiger partial charge in [0.15, 0.2) is 17.5 Å². The molecule has 0 saturated carbocycles. The van der Waals surface area contributed by atoms with Crippen molar-refractivity contribution in [2.75, 3.05) is 0 Å². The molecule has 6 heteroatoms. The van der Waals surface area contributed by atoms with E-state index in [-0.39, 0.29) is 0 Å². The van der Waals surface area contributed by atoms with Crippen molar-refractivity contribution in [2.24, 2.45) is 0 Å². The van der Waals surface area contributed by atoms with Crippen molar-refractivity contribution in [3.63, 3.8) is 0 Å². The number of aromatic nitrogens is 4. The quantitative estimate of drug-likeness (QED) is 0.176. The van der Waals surface area contributed by atoms with E-state index >= 15 is 0 Å². The molecule has 0 saturated heterocycles. The van der Waals surface area contributed by atoms with Gasteiger partial charge in [0.1, 0.15) is 22.3 Å². The standard InChI is InChI=1S/C51H30N4O2/c1-2-12-31(13-3-1)32-24-27-46-41(28-32)39-26-23-34(30-48(39)57-46)50-52-49(33-22-25-38-37-16-7-11-21-45(37)56-47(38)29-33)53-51(54-50)40-17-6-10-20-44(40)55-42-18-8-4-14-35(42)36-15-5-9-19-43(36)55/h1-30H. The van der Waals surface area contributed by atoms with Crippen LogP contribution in [0.25, 0.3) is 117 Å². The van der Waals surface area contributed by atoms with Gasteiger partial charge in [-0.3, -0.25) is 0 Å². The topological polar surface area (TPSA) is 69.9 Å². The minimum Gasteiger partial charge on any atom is -0.456 e. The molecule has 0 N–H and O–H groups in total. The van der Waals surface area contributed by atoms with Crippen LogP contribution in [0.5, 0.6) is 0 Å². The molecule has 0 bridgehead atoms. The Labute approximate surface area is 325 Å². The lowest BCUT2D eigenvalue weighted by Gasteiger charge is -2.14. The number of para-hydroxylation sites is 4. The predicted octanol–water partition coefficient (Wildman–Crippen LogP) is 13.4. The summed E-state index contributed by atoms with van der Waals surface area (Å²) in [7, 11) is 0. The molecule has 0 spiro atoms. The van der Waals surface area contributed by atoms with Crippen LogP contribution < -0.4 is 0 Å². The number of benzene rings is 8. The van der Waals surface area contributed by atoms with Gasteiger partial charge in [0.05, 0.1) is 16.7 Å². The van der Waals surface area contributed by atoms with Gasteiger partial charge in [-0.15, -0.1) is 0 Å². The highest BCUT2D eigenvalue weighted by molar-refractivity contribution is 6.10. The van der Waals surface area contributed by atoms with Crippen LogP contribution in [0.1, 0.15) is 0 Å². The molecule has 6 nitrogen and oxygen atoms in total. The number of hydrogen-bond donors (Lipinski definition) is 0. The number of nitrogens with zero attached hydrogens (tertiary/aromatic N) is 4. The Kier molecular flexibility index (Phi) is 6.83. The minimum atomic E-state index is 0.545. The fraction of sp³-hybridized carbons (Fsp3) is 0. The zero-order valence-corrected chi connectivity index (χ0v) is 30.4. The molecule has 12 aromatic rings. The van der Waals surface area contributed by atoms with E-state index < -0.39 is 0 Å². The van der Waals surface area contributed by atoms with Gasteiger partial charge < -0.3 is 13.4 Å². The third-order valence-corrected chi connectivity index (χ3v) is 11.1. The molecule has 0 radical (unpaired) electrons. The fourth-order valence-corrected chi connectivity index (χ4v) is 8.39. The lowest BCUT2D eigenvalue weighted by molar-refractivity contribution is 0.668. The Bertz CT molecular complexity index is 3490. The molecule has 0 amide bonds. The van der Waals surface area contributed by atoms with Gasteiger partial charge in [0.2, 0.25) is 0 Å². The van der Waals surface area contributed by atoms with Crippen LogP contribution in [0.4, 0.5) is 0 Å². The minimum absolute atomic E-state index is 0.545. The molecule has 4 aromatic heterocycles. The second kappa shape index (κ2) is 12.3. The Morgan fingerprint density at radius 2 is 0.825 bits per heavy atom. The third-order valence-electron chi connectivity index (χ3n) is 11.1. The van der Waals surface area contributed by atoms with Crippen molar-refractivity contribution in [1.29, 1.82) is 0 Å². The Morgan fingerprint density at radius 1 is 0.316 bits per heavy atom. The van der Waals surface area contributed by atoms with Gasteiger partial charge in [0.25, 0.3) is 0 Å². The molecule has 0 unspecified atom stereocenters. The molecule has 266 valence electrons. The van der Waals surface area contributed by atoms with Crippen molar-refractivity contribution in [3.05, 3.63) is 182 Å². The van der Waals surface area contributed by atoms with Crippen LogP contribution in [0.2, 0.25) is 0 Å². The number of hydrogen-bond acceptors (Lipinski definition) is 5. The zero-order chi connectivity index (χ0) is 37.5. The van der Waals surface area contributed by atoms with Gasteiger partial charge >= 0.3 is 0 Å². The average molecular weight is 731 g/mol. The maximum absolute atomic E-state index is 6.48. The van der Waals surface area contributed by atoms with E-state index in [2.05, 4.69) is 144 Å². The summed E-state index contributed by atoms with van der Waals surface area (Å²) >= 11 is 0. The molecule has 8 aromatic carbocycles. The van der Waals surface area contributed by atoms with Crippen LogP contribution >= 0.6 is 0 Å². The van der Waals surface area contributed by atoms with Crippen LogP contribution in [-0.4, -0.2) is 19.5 Å². The predicted molar refractivity (Wildman–Crippen MR) is 230 cm³/mol. The highest BCUT2D eigenvalue weighted by Crippen LogP contribution is 2.39. The zero-order valence-electron chi connectivity index (χ0n) is 30.4. The largest absolute Gasteiger partial charge is 0.456 e. The van der Waals surface area contributed by atoms with Gasteiger partial charge in [0, 0.05) is 49.0 Å². The van der Waals surface area contributed by atoms with E-state index in [0.29, 0.717) is 17.5 Å². The van der Waals surface area contributed by atoms with Gasteiger partial charge in [-0.1, -0.05) is 115 Å². The first-order chi connectivity index (χ1) is 28.2. The summed E-state index contributed by atoms with van der Waals surface area (Å²) in [6.07, 6.45) is 0. The maximum Gasteiger partial charge on any atom is 0.166 e. The van der Waals surface area contributed by atoms with Crippen molar-refractivity contribution < 1.29 is 8.83 Å². The van der Waals surface area contributed by atoms with Crippen LogP contribution in [0.3, 0.4) is 0 Å².